The van der Waals surface area contributed by atoms with Crippen molar-refractivity contribution in [3.05, 3.63) is 35.9 Å². The second-order valence-electron chi connectivity index (χ2n) is 6.55. The van der Waals surface area contributed by atoms with E-state index in [-0.39, 0.29) is 23.8 Å². The summed E-state index contributed by atoms with van der Waals surface area (Å²) in [7, 11) is -3.27. The Hall–Kier alpha value is -1.05. The summed E-state index contributed by atoms with van der Waals surface area (Å²) in [6, 6.07) is 9.64. The molecular weight excluding hydrogens is 344 g/mol. The van der Waals surface area contributed by atoms with Crippen LogP contribution in [0.4, 0.5) is 0 Å². The summed E-state index contributed by atoms with van der Waals surface area (Å²) in [6.45, 7) is 3.88. The molecule has 0 spiro atoms. The molecule has 1 aromatic rings. The van der Waals surface area contributed by atoms with Gasteiger partial charge in [0.05, 0.1) is 18.1 Å². The van der Waals surface area contributed by atoms with E-state index in [9.17, 15) is 13.2 Å². The number of likely N-dealkylation sites (tertiary alicyclic amines) is 1. The summed E-state index contributed by atoms with van der Waals surface area (Å²) < 4.78 is 26.1. The van der Waals surface area contributed by atoms with Gasteiger partial charge < -0.3 is 4.90 Å². The molecule has 1 amide bonds. The van der Waals surface area contributed by atoms with E-state index in [1.807, 2.05) is 42.2 Å². The van der Waals surface area contributed by atoms with Crippen molar-refractivity contribution in [1.29, 1.82) is 0 Å². The molecule has 2 aliphatic heterocycles. The quantitative estimate of drug-likeness (QED) is 0.796. The lowest BCUT2D eigenvalue weighted by atomic mass is 9.90. The zero-order chi connectivity index (χ0) is 17.3. The first-order valence-corrected chi connectivity index (χ1v) is 11.3. The first-order valence-electron chi connectivity index (χ1n) is 8.29. The van der Waals surface area contributed by atoms with Gasteiger partial charge in [-0.2, -0.15) is 16.1 Å². The van der Waals surface area contributed by atoms with Gasteiger partial charge in [0, 0.05) is 25.6 Å². The lowest BCUT2D eigenvalue weighted by molar-refractivity contribution is -0.127. The first-order chi connectivity index (χ1) is 11.4. The number of hydrogen-bond acceptors (Lipinski definition) is 4. The van der Waals surface area contributed by atoms with Gasteiger partial charge in [0.2, 0.25) is 15.9 Å². The van der Waals surface area contributed by atoms with Crippen molar-refractivity contribution in [3.8, 4) is 0 Å². The average Bonchev–Trinajstić information content (AvgIpc) is 3.10. The van der Waals surface area contributed by atoms with E-state index in [4.69, 9.17) is 0 Å². The Morgan fingerprint density at radius 2 is 1.92 bits per heavy atom. The molecule has 7 heteroatoms. The molecule has 0 N–H and O–H groups in total. The van der Waals surface area contributed by atoms with E-state index in [1.54, 1.807) is 16.1 Å². The van der Waals surface area contributed by atoms with Gasteiger partial charge in [-0.05, 0) is 17.2 Å². The van der Waals surface area contributed by atoms with Crippen LogP contribution in [-0.4, -0.2) is 60.9 Å². The van der Waals surface area contributed by atoms with E-state index < -0.39 is 10.0 Å². The van der Waals surface area contributed by atoms with Crippen molar-refractivity contribution < 1.29 is 13.2 Å². The lowest BCUT2D eigenvalue weighted by Crippen LogP contribution is -2.37. The Labute approximate surface area is 148 Å². The molecule has 0 aromatic heterocycles. The van der Waals surface area contributed by atoms with Gasteiger partial charge in [0.25, 0.3) is 0 Å². The molecule has 3 atom stereocenters. The normalized spacial score (nSPS) is 27.4. The summed E-state index contributed by atoms with van der Waals surface area (Å²) in [5.74, 6) is 2.02. The molecule has 132 valence electrons. The van der Waals surface area contributed by atoms with Crippen LogP contribution in [0.1, 0.15) is 18.5 Å². The van der Waals surface area contributed by atoms with Crippen molar-refractivity contribution in [2.75, 3.05) is 37.4 Å². The third kappa shape index (κ3) is 3.48. The first kappa shape index (κ1) is 17.8. The fourth-order valence-electron chi connectivity index (χ4n) is 3.90. The summed E-state index contributed by atoms with van der Waals surface area (Å²) in [4.78, 5) is 14.3. The maximum Gasteiger partial charge on any atom is 0.232 e. The van der Waals surface area contributed by atoms with Crippen LogP contribution in [0.15, 0.2) is 30.3 Å². The highest BCUT2D eigenvalue weighted by molar-refractivity contribution is 7.99. The van der Waals surface area contributed by atoms with Crippen LogP contribution in [0.25, 0.3) is 0 Å². The Morgan fingerprint density at radius 3 is 2.54 bits per heavy atom. The second-order valence-corrected chi connectivity index (χ2v) is 9.76. The maximum atomic E-state index is 12.3. The highest BCUT2D eigenvalue weighted by Gasteiger charge is 2.51. The molecule has 5 nitrogen and oxygen atoms in total. The van der Waals surface area contributed by atoms with Crippen LogP contribution in [0.2, 0.25) is 0 Å². The lowest BCUT2D eigenvalue weighted by Gasteiger charge is -2.28. The topological polar surface area (TPSA) is 57.7 Å². The van der Waals surface area contributed by atoms with E-state index >= 15 is 0 Å². The molecule has 24 heavy (non-hydrogen) atoms. The third-order valence-electron chi connectivity index (χ3n) is 4.97. The van der Waals surface area contributed by atoms with E-state index in [0.717, 1.165) is 11.3 Å². The second kappa shape index (κ2) is 7.06. The average molecular weight is 369 g/mol. The molecule has 1 aromatic carbocycles. The Kier molecular flexibility index (Phi) is 5.22. The molecule has 3 rings (SSSR count). The Balaban J connectivity index is 1.83. The summed E-state index contributed by atoms with van der Waals surface area (Å²) in [5.41, 5.74) is 1.02. The van der Waals surface area contributed by atoms with Crippen molar-refractivity contribution >= 4 is 27.7 Å². The Morgan fingerprint density at radius 1 is 1.21 bits per heavy atom. The molecule has 2 fully saturated rings. The zero-order valence-electron chi connectivity index (χ0n) is 14.1. The van der Waals surface area contributed by atoms with E-state index in [1.165, 1.54) is 6.26 Å². The van der Waals surface area contributed by atoms with Gasteiger partial charge in [-0.3, -0.25) is 4.79 Å². The predicted octanol–water partition coefficient (Wildman–Crippen LogP) is 1.83. The molecule has 2 aliphatic rings. The largest absolute Gasteiger partial charge is 0.341 e. The Bertz CT molecular complexity index is 693. The van der Waals surface area contributed by atoms with Crippen LogP contribution >= 0.6 is 11.8 Å². The number of fused-ring (bicyclic) bond motifs is 1. The number of nitrogens with zero attached hydrogens (tertiary/aromatic N) is 2. The molecule has 0 saturated carbocycles. The molecule has 0 aliphatic carbocycles. The van der Waals surface area contributed by atoms with Crippen molar-refractivity contribution in [3.63, 3.8) is 0 Å². The third-order valence-corrected chi connectivity index (χ3v) is 7.06. The van der Waals surface area contributed by atoms with Crippen molar-refractivity contribution in [2.24, 2.45) is 11.8 Å². The fraction of sp³-hybridized carbons (Fsp3) is 0.588. The van der Waals surface area contributed by atoms with E-state index in [0.29, 0.717) is 25.4 Å². The summed E-state index contributed by atoms with van der Waals surface area (Å²) >= 11 is 1.64. The molecule has 0 radical (unpaired) electrons. The molecule has 2 saturated heterocycles. The standard InChI is InChI=1S/C17H24N2O3S2/c1-3-23-12-16(20)18-9-14-10-19(24(2,21)22)17(15(14)11-18)13-7-5-4-6-8-13/h4-8,14-15,17H,3,9-12H2,1-2H3/t14-,15-,17+/m1/s1. The number of carbonyl (C=O) groups is 1. The van der Waals surface area contributed by atoms with Crippen molar-refractivity contribution in [2.45, 2.75) is 13.0 Å². The summed E-state index contributed by atoms with van der Waals surface area (Å²) in [5, 5.41) is 0. The van der Waals surface area contributed by atoms with Crippen molar-refractivity contribution in [1.82, 2.24) is 9.21 Å². The number of carbonyl (C=O) groups excluding carboxylic acids is 1. The molecular formula is C17H24N2O3S2. The van der Waals surface area contributed by atoms with Gasteiger partial charge >= 0.3 is 0 Å². The number of rotatable bonds is 5. The number of thioether (sulfide) groups is 1. The fourth-order valence-corrected chi connectivity index (χ4v) is 5.61. The minimum absolute atomic E-state index is 0.164. The number of benzene rings is 1. The van der Waals surface area contributed by atoms with Crippen LogP contribution in [0.3, 0.4) is 0 Å². The van der Waals surface area contributed by atoms with Gasteiger partial charge in [-0.15, -0.1) is 0 Å². The number of sulfonamides is 1. The number of hydrogen-bond donors (Lipinski definition) is 0. The summed E-state index contributed by atoms with van der Waals surface area (Å²) in [6.07, 6.45) is 1.28. The zero-order valence-corrected chi connectivity index (χ0v) is 15.7. The SMILES string of the molecule is CCSCC(=O)N1C[C@@H]2CN(S(C)(=O)=O)[C@@H](c3ccccc3)[C@@H]2C1. The smallest absolute Gasteiger partial charge is 0.232 e. The van der Waals surface area contributed by atoms with Gasteiger partial charge in [0.1, 0.15) is 0 Å². The molecule has 0 bridgehead atoms. The maximum absolute atomic E-state index is 12.3. The minimum atomic E-state index is -3.27. The van der Waals surface area contributed by atoms with E-state index in [2.05, 4.69) is 0 Å². The van der Waals surface area contributed by atoms with Gasteiger partial charge in [-0.25, -0.2) is 8.42 Å². The van der Waals surface area contributed by atoms with Crippen LogP contribution < -0.4 is 0 Å². The van der Waals surface area contributed by atoms with Crippen LogP contribution in [0.5, 0.6) is 0 Å². The molecule has 2 heterocycles. The predicted molar refractivity (Wildman–Crippen MR) is 97.3 cm³/mol. The highest BCUT2D eigenvalue weighted by atomic mass is 32.2. The van der Waals surface area contributed by atoms with Crippen LogP contribution in [-0.2, 0) is 14.8 Å². The highest BCUT2D eigenvalue weighted by Crippen LogP contribution is 2.46. The van der Waals surface area contributed by atoms with Gasteiger partial charge in [-0.1, -0.05) is 37.3 Å². The monoisotopic (exact) mass is 368 g/mol. The van der Waals surface area contributed by atoms with Crippen LogP contribution in [0, 0.1) is 11.8 Å². The number of amides is 1. The minimum Gasteiger partial charge on any atom is -0.341 e. The van der Waals surface area contributed by atoms with Gasteiger partial charge in [0.15, 0.2) is 0 Å². The molecule has 0 unspecified atom stereocenters.